The van der Waals surface area contributed by atoms with E-state index in [-0.39, 0.29) is 11.2 Å². The van der Waals surface area contributed by atoms with Gasteiger partial charge in [-0.3, -0.25) is 4.79 Å². The van der Waals surface area contributed by atoms with E-state index >= 15 is 0 Å². The minimum Gasteiger partial charge on any atom is -0.294 e. The number of ketones is 1. The van der Waals surface area contributed by atoms with Gasteiger partial charge in [-0.25, -0.2) is 0 Å². The average molecular weight is 197 g/mol. The Balaban J connectivity index is 2.29. The molecule has 0 aromatic rings. The van der Waals surface area contributed by atoms with Gasteiger partial charge in [0.25, 0.3) is 0 Å². The van der Waals surface area contributed by atoms with E-state index in [1.54, 1.807) is 12.2 Å². The Hall–Kier alpha value is -0.560. The molecule has 1 saturated carbocycles. The topological polar surface area (TPSA) is 17.1 Å². The molecule has 1 spiro atoms. The van der Waals surface area contributed by atoms with Crippen molar-refractivity contribution in [3.63, 3.8) is 0 Å². The maximum atomic E-state index is 11.7. The fourth-order valence-electron chi connectivity index (χ4n) is 2.28. The Morgan fingerprint density at radius 1 is 1.15 bits per heavy atom. The van der Waals surface area contributed by atoms with Crippen molar-refractivity contribution >= 4 is 17.4 Å². The van der Waals surface area contributed by atoms with Crippen LogP contribution in [-0.4, -0.2) is 5.78 Å². The van der Waals surface area contributed by atoms with E-state index in [1.807, 2.05) is 6.08 Å². The van der Waals surface area contributed by atoms with Crippen molar-refractivity contribution in [3.05, 3.63) is 23.3 Å². The first kappa shape index (κ1) is 9.01. The Morgan fingerprint density at radius 2 is 1.85 bits per heavy atom. The number of hydrogen-bond donors (Lipinski definition) is 0. The third-order valence-corrected chi connectivity index (χ3v) is 3.28. The van der Waals surface area contributed by atoms with Crippen LogP contribution in [0.25, 0.3) is 0 Å². The lowest BCUT2D eigenvalue weighted by molar-refractivity contribution is -0.123. The Kier molecular flexibility index (Phi) is 2.29. The third-order valence-electron chi connectivity index (χ3n) is 3.04. The predicted molar refractivity (Wildman–Crippen MR) is 53.6 cm³/mol. The molecule has 2 rings (SSSR count). The molecule has 2 aliphatic rings. The largest absolute Gasteiger partial charge is 0.294 e. The molecule has 0 heterocycles. The van der Waals surface area contributed by atoms with E-state index in [9.17, 15) is 4.79 Å². The van der Waals surface area contributed by atoms with Gasteiger partial charge < -0.3 is 0 Å². The van der Waals surface area contributed by atoms with Crippen LogP contribution < -0.4 is 0 Å². The number of hydrogen-bond acceptors (Lipinski definition) is 1. The summed E-state index contributed by atoms with van der Waals surface area (Å²) in [4.78, 5) is 11.7. The molecule has 0 atom stereocenters. The van der Waals surface area contributed by atoms with Crippen molar-refractivity contribution < 1.29 is 4.79 Å². The first-order chi connectivity index (χ1) is 6.23. The van der Waals surface area contributed by atoms with Gasteiger partial charge in [-0.2, -0.15) is 0 Å². The molecule has 2 heteroatoms. The molecule has 0 saturated heterocycles. The highest BCUT2D eigenvalue weighted by molar-refractivity contribution is 6.32. The quantitative estimate of drug-likeness (QED) is 0.582. The molecule has 70 valence electrons. The van der Waals surface area contributed by atoms with Crippen molar-refractivity contribution in [2.75, 3.05) is 0 Å². The van der Waals surface area contributed by atoms with Gasteiger partial charge in [-0.1, -0.05) is 36.9 Å². The van der Waals surface area contributed by atoms with Crippen LogP contribution in [0.3, 0.4) is 0 Å². The van der Waals surface area contributed by atoms with E-state index in [0.717, 1.165) is 30.7 Å². The van der Waals surface area contributed by atoms with Gasteiger partial charge in [0, 0.05) is 5.03 Å². The fraction of sp³-hybridized carbons (Fsp3) is 0.545. The summed E-state index contributed by atoms with van der Waals surface area (Å²) in [5.74, 6) is 0.247. The van der Waals surface area contributed by atoms with E-state index in [1.165, 1.54) is 6.42 Å². The molecule has 0 bridgehead atoms. The standard InChI is InChI=1S/C11H13ClO/c12-9-4-5-10(13)11(8-9)6-2-1-3-7-11/h4-5,8H,1-3,6-7H2. The highest BCUT2D eigenvalue weighted by Gasteiger charge is 2.37. The van der Waals surface area contributed by atoms with E-state index in [4.69, 9.17) is 11.6 Å². The zero-order valence-corrected chi connectivity index (χ0v) is 8.31. The molecule has 0 unspecified atom stereocenters. The normalized spacial score (nSPS) is 26.2. The molecule has 0 aliphatic heterocycles. The summed E-state index contributed by atoms with van der Waals surface area (Å²) in [7, 11) is 0. The Labute approximate surface area is 83.5 Å². The maximum absolute atomic E-state index is 11.7. The minimum absolute atomic E-state index is 0.232. The second kappa shape index (κ2) is 3.30. The lowest BCUT2D eigenvalue weighted by Crippen LogP contribution is -2.31. The fourth-order valence-corrected chi connectivity index (χ4v) is 2.55. The molecule has 0 aromatic heterocycles. The van der Waals surface area contributed by atoms with Crippen molar-refractivity contribution in [2.45, 2.75) is 32.1 Å². The third kappa shape index (κ3) is 1.58. The second-order valence-electron chi connectivity index (χ2n) is 3.94. The lowest BCUT2D eigenvalue weighted by atomic mass is 9.69. The first-order valence-electron chi connectivity index (χ1n) is 4.84. The van der Waals surface area contributed by atoms with Crippen molar-refractivity contribution in [2.24, 2.45) is 5.41 Å². The summed E-state index contributed by atoms with van der Waals surface area (Å²) in [6.45, 7) is 0. The molecule has 1 fully saturated rings. The summed E-state index contributed by atoms with van der Waals surface area (Å²) in [6, 6.07) is 0. The number of rotatable bonds is 0. The number of carbonyl (C=O) groups excluding carboxylic acids is 1. The molecule has 0 radical (unpaired) electrons. The van der Waals surface area contributed by atoms with Gasteiger partial charge in [0.2, 0.25) is 0 Å². The maximum Gasteiger partial charge on any atom is 0.165 e. The van der Waals surface area contributed by atoms with Crippen molar-refractivity contribution in [1.82, 2.24) is 0 Å². The summed E-state index contributed by atoms with van der Waals surface area (Å²) in [6.07, 6.45) is 10.8. The van der Waals surface area contributed by atoms with E-state index < -0.39 is 0 Å². The molecular formula is C11H13ClO. The van der Waals surface area contributed by atoms with Crippen LogP contribution in [0.1, 0.15) is 32.1 Å². The first-order valence-corrected chi connectivity index (χ1v) is 5.22. The summed E-state index contributed by atoms with van der Waals surface area (Å²) < 4.78 is 0. The van der Waals surface area contributed by atoms with Crippen LogP contribution in [0.15, 0.2) is 23.3 Å². The smallest absolute Gasteiger partial charge is 0.165 e. The van der Waals surface area contributed by atoms with Crippen LogP contribution in [0.4, 0.5) is 0 Å². The average Bonchev–Trinajstić information content (AvgIpc) is 2.14. The summed E-state index contributed by atoms with van der Waals surface area (Å²) in [5.41, 5.74) is -0.232. The van der Waals surface area contributed by atoms with Crippen molar-refractivity contribution in [1.29, 1.82) is 0 Å². The SMILES string of the molecule is O=C1C=CC(Cl)=CC12CCCCC2. The van der Waals surface area contributed by atoms with Crippen LogP contribution in [0.5, 0.6) is 0 Å². The van der Waals surface area contributed by atoms with E-state index in [0.29, 0.717) is 0 Å². The zero-order chi connectivity index (χ0) is 9.31. The number of carbonyl (C=O) groups is 1. The van der Waals surface area contributed by atoms with Gasteiger partial charge in [-0.15, -0.1) is 0 Å². The highest BCUT2D eigenvalue weighted by Crippen LogP contribution is 2.41. The van der Waals surface area contributed by atoms with Gasteiger partial charge in [0.1, 0.15) is 0 Å². The molecule has 0 amide bonds. The van der Waals surface area contributed by atoms with Gasteiger partial charge in [0.15, 0.2) is 5.78 Å². The number of allylic oxidation sites excluding steroid dienone is 4. The molecule has 0 N–H and O–H groups in total. The minimum atomic E-state index is -0.232. The molecular weight excluding hydrogens is 184 g/mol. The highest BCUT2D eigenvalue weighted by atomic mass is 35.5. The summed E-state index contributed by atoms with van der Waals surface area (Å²) >= 11 is 5.93. The number of halogens is 1. The monoisotopic (exact) mass is 196 g/mol. The lowest BCUT2D eigenvalue weighted by Gasteiger charge is -2.33. The molecule has 1 nitrogen and oxygen atoms in total. The van der Waals surface area contributed by atoms with Gasteiger partial charge >= 0.3 is 0 Å². The predicted octanol–water partition coefficient (Wildman–Crippen LogP) is 3.20. The van der Waals surface area contributed by atoms with Crippen molar-refractivity contribution in [3.8, 4) is 0 Å². The second-order valence-corrected chi connectivity index (χ2v) is 4.38. The van der Waals surface area contributed by atoms with Gasteiger partial charge in [-0.05, 0) is 25.0 Å². The molecule has 2 aliphatic carbocycles. The van der Waals surface area contributed by atoms with E-state index in [2.05, 4.69) is 0 Å². The zero-order valence-electron chi connectivity index (χ0n) is 7.55. The van der Waals surface area contributed by atoms with Crippen LogP contribution in [-0.2, 0) is 4.79 Å². The Bertz CT molecular complexity index is 282. The van der Waals surface area contributed by atoms with Crippen LogP contribution in [0.2, 0.25) is 0 Å². The molecule has 13 heavy (non-hydrogen) atoms. The van der Waals surface area contributed by atoms with Crippen LogP contribution in [0, 0.1) is 5.41 Å². The van der Waals surface area contributed by atoms with Crippen LogP contribution >= 0.6 is 11.6 Å². The Morgan fingerprint density at radius 3 is 2.54 bits per heavy atom. The van der Waals surface area contributed by atoms with Gasteiger partial charge in [0.05, 0.1) is 5.41 Å². The molecule has 0 aromatic carbocycles. The summed E-state index contributed by atoms with van der Waals surface area (Å²) in [5, 5.41) is 0.724.